The molecule has 0 amide bonds. The number of hydrogen-bond donors (Lipinski definition) is 5. The Morgan fingerprint density at radius 3 is 2.47 bits per heavy atom. The largest absolute Gasteiger partial charge is 0.478 e. The van der Waals surface area contributed by atoms with Crippen molar-refractivity contribution in [2.75, 3.05) is 12.3 Å². The molecule has 2 unspecified atom stereocenters. The quantitative estimate of drug-likeness (QED) is 0.452. The third kappa shape index (κ3) is 3.16. The van der Waals surface area contributed by atoms with Gasteiger partial charge in [0.1, 0.15) is 6.10 Å². The minimum atomic E-state index is -1.20. The molecule has 0 aromatic heterocycles. The van der Waals surface area contributed by atoms with Gasteiger partial charge in [-0.2, -0.15) is 0 Å². The number of carboxylic acids is 1. The van der Waals surface area contributed by atoms with Gasteiger partial charge in [-0.15, -0.1) is 0 Å². The smallest absolute Gasteiger partial charge is 0.337 e. The Kier molecular flexibility index (Phi) is 4.45. The van der Waals surface area contributed by atoms with Crippen LogP contribution >= 0.6 is 0 Å². The van der Waals surface area contributed by atoms with Gasteiger partial charge in [-0.05, 0) is 24.1 Å². The first-order chi connectivity index (χ1) is 7.97. The molecule has 0 saturated heterocycles. The third-order valence-electron chi connectivity index (χ3n) is 2.44. The highest BCUT2D eigenvalue weighted by molar-refractivity contribution is 5.93. The summed E-state index contributed by atoms with van der Waals surface area (Å²) in [6, 6.07) is 3.95. The molecule has 1 aromatic rings. The van der Waals surface area contributed by atoms with Gasteiger partial charge in [-0.25, -0.2) is 4.79 Å². The molecule has 0 aliphatic carbocycles. The van der Waals surface area contributed by atoms with E-state index in [2.05, 4.69) is 0 Å². The maximum Gasteiger partial charge on any atom is 0.337 e. The van der Waals surface area contributed by atoms with E-state index in [0.717, 1.165) is 0 Å². The number of rotatable bonds is 5. The van der Waals surface area contributed by atoms with E-state index in [4.69, 9.17) is 15.9 Å². The fourth-order valence-corrected chi connectivity index (χ4v) is 1.47. The number of aromatic carboxylic acids is 1. The van der Waals surface area contributed by atoms with Crippen molar-refractivity contribution >= 4 is 11.7 Å². The second kappa shape index (κ2) is 5.62. The van der Waals surface area contributed by atoms with Crippen molar-refractivity contribution in [2.45, 2.75) is 18.6 Å². The first kappa shape index (κ1) is 13.4. The van der Waals surface area contributed by atoms with Crippen molar-refractivity contribution in [1.29, 1.82) is 0 Å². The summed E-state index contributed by atoms with van der Waals surface area (Å²) in [4.78, 5) is 10.7. The molecular weight excluding hydrogens is 226 g/mol. The van der Waals surface area contributed by atoms with Crippen LogP contribution in [0.1, 0.15) is 28.4 Å². The lowest BCUT2D eigenvalue weighted by molar-refractivity contribution is 0.00424. The van der Waals surface area contributed by atoms with Crippen LogP contribution in [0.25, 0.3) is 0 Å². The standard InChI is InChI=1S/C11H15NO5/c12-8-5-6(1-2-7(8)11(16)17)10(15)9(14)3-4-13/h1-2,5,9-10,13-15H,3-4,12H2,(H,16,17). The average molecular weight is 241 g/mol. The predicted octanol–water partition coefficient (Wildman–Crippen LogP) is -0.256. The zero-order chi connectivity index (χ0) is 13.0. The Morgan fingerprint density at radius 1 is 1.35 bits per heavy atom. The van der Waals surface area contributed by atoms with Crippen molar-refractivity contribution in [2.24, 2.45) is 0 Å². The molecule has 0 aliphatic rings. The lowest BCUT2D eigenvalue weighted by Crippen LogP contribution is -2.19. The monoisotopic (exact) mass is 241 g/mol. The number of nitrogens with two attached hydrogens (primary N) is 1. The van der Waals surface area contributed by atoms with Crippen molar-refractivity contribution < 1.29 is 25.2 Å². The van der Waals surface area contributed by atoms with E-state index in [1.54, 1.807) is 0 Å². The number of carboxylic acid groups (broad SMARTS) is 1. The van der Waals surface area contributed by atoms with Crippen LogP contribution in [0.4, 0.5) is 5.69 Å². The zero-order valence-electron chi connectivity index (χ0n) is 9.08. The zero-order valence-corrected chi connectivity index (χ0v) is 9.08. The van der Waals surface area contributed by atoms with Crippen LogP contribution in [0.15, 0.2) is 18.2 Å². The van der Waals surface area contributed by atoms with Gasteiger partial charge < -0.3 is 26.2 Å². The summed E-state index contributed by atoms with van der Waals surface area (Å²) < 4.78 is 0. The van der Waals surface area contributed by atoms with Crippen LogP contribution < -0.4 is 5.73 Å². The first-order valence-corrected chi connectivity index (χ1v) is 5.07. The maximum atomic E-state index is 10.7. The molecule has 0 fully saturated rings. The summed E-state index contributed by atoms with van der Waals surface area (Å²) in [5.74, 6) is -1.15. The van der Waals surface area contributed by atoms with Gasteiger partial charge >= 0.3 is 5.97 Å². The first-order valence-electron chi connectivity index (χ1n) is 5.07. The number of carbonyl (C=O) groups is 1. The minimum absolute atomic E-state index is 0.0187. The van der Waals surface area contributed by atoms with Crippen LogP contribution in [-0.2, 0) is 0 Å². The number of benzene rings is 1. The van der Waals surface area contributed by atoms with Crippen molar-refractivity contribution in [3.05, 3.63) is 29.3 Å². The topological polar surface area (TPSA) is 124 Å². The van der Waals surface area contributed by atoms with Gasteiger partial charge in [0.15, 0.2) is 0 Å². The Labute approximate surface area is 97.9 Å². The van der Waals surface area contributed by atoms with Crippen LogP contribution in [0.3, 0.4) is 0 Å². The van der Waals surface area contributed by atoms with Crippen molar-refractivity contribution in [3.63, 3.8) is 0 Å². The molecule has 6 heteroatoms. The van der Waals surface area contributed by atoms with Crippen molar-refractivity contribution in [1.82, 2.24) is 0 Å². The molecule has 17 heavy (non-hydrogen) atoms. The normalized spacial score (nSPS) is 14.3. The van der Waals surface area contributed by atoms with E-state index in [-0.39, 0.29) is 24.3 Å². The summed E-state index contributed by atoms with van der Waals surface area (Å²) >= 11 is 0. The average Bonchev–Trinajstić information content (AvgIpc) is 2.27. The van der Waals surface area contributed by atoms with Crippen LogP contribution in [0, 0.1) is 0 Å². The Hall–Kier alpha value is -1.63. The fraction of sp³-hybridized carbons (Fsp3) is 0.364. The van der Waals surface area contributed by atoms with Gasteiger partial charge in [0.25, 0.3) is 0 Å². The number of aliphatic hydroxyl groups excluding tert-OH is 3. The summed E-state index contributed by atoms with van der Waals surface area (Å²) in [5.41, 5.74) is 5.79. The highest BCUT2D eigenvalue weighted by Gasteiger charge is 2.19. The van der Waals surface area contributed by atoms with Crippen LogP contribution in [0.2, 0.25) is 0 Å². The van der Waals surface area contributed by atoms with Gasteiger partial charge in [0, 0.05) is 12.3 Å². The Morgan fingerprint density at radius 2 is 2.00 bits per heavy atom. The van der Waals surface area contributed by atoms with Gasteiger partial charge in [0.2, 0.25) is 0 Å². The SMILES string of the molecule is Nc1cc(C(O)C(O)CCO)ccc1C(=O)O. The van der Waals surface area contributed by atoms with Gasteiger partial charge in [-0.1, -0.05) is 6.07 Å². The molecule has 0 saturated carbocycles. The van der Waals surface area contributed by atoms with Crippen molar-refractivity contribution in [3.8, 4) is 0 Å². The summed E-state index contributed by atoms with van der Waals surface area (Å²) in [6.07, 6.45) is -2.29. The number of anilines is 1. The Bertz CT molecular complexity index is 407. The van der Waals surface area contributed by atoms with E-state index in [1.165, 1.54) is 18.2 Å². The van der Waals surface area contributed by atoms with E-state index in [9.17, 15) is 15.0 Å². The second-order valence-electron chi connectivity index (χ2n) is 3.68. The van der Waals surface area contributed by atoms with Crippen LogP contribution in [0.5, 0.6) is 0 Å². The molecule has 0 spiro atoms. The molecule has 1 aromatic carbocycles. The molecule has 0 bridgehead atoms. The molecule has 94 valence electrons. The summed E-state index contributed by atoms with van der Waals surface area (Å²) in [5, 5.41) is 36.6. The molecule has 1 rings (SSSR count). The van der Waals surface area contributed by atoms with Gasteiger partial charge in [-0.3, -0.25) is 0 Å². The van der Waals surface area contributed by atoms with Crippen LogP contribution in [-0.4, -0.2) is 39.1 Å². The number of nitrogen functional groups attached to an aromatic ring is 1. The van der Waals surface area contributed by atoms with E-state index in [1.807, 2.05) is 0 Å². The lowest BCUT2D eigenvalue weighted by Gasteiger charge is -2.17. The predicted molar refractivity (Wildman–Crippen MR) is 60.5 cm³/mol. The highest BCUT2D eigenvalue weighted by atomic mass is 16.4. The highest BCUT2D eigenvalue weighted by Crippen LogP contribution is 2.23. The molecule has 6 nitrogen and oxygen atoms in total. The third-order valence-corrected chi connectivity index (χ3v) is 2.44. The fourth-order valence-electron chi connectivity index (χ4n) is 1.47. The number of aliphatic hydroxyl groups is 3. The molecule has 0 aliphatic heterocycles. The molecule has 0 radical (unpaired) electrons. The molecule has 6 N–H and O–H groups in total. The van der Waals surface area contributed by atoms with E-state index in [0.29, 0.717) is 5.56 Å². The minimum Gasteiger partial charge on any atom is -0.478 e. The molecule has 2 atom stereocenters. The summed E-state index contributed by atoms with van der Waals surface area (Å²) in [7, 11) is 0. The maximum absolute atomic E-state index is 10.7. The molecular formula is C11H15NO5. The lowest BCUT2D eigenvalue weighted by atomic mass is 10.00. The van der Waals surface area contributed by atoms with Gasteiger partial charge in [0.05, 0.1) is 11.7 Å². The molecule has 0 heterocycles. The summed E-state index contributed by atoms with van der Waals surface area (Å²) in [6.45, 7) is -0.249. The van der Waals surface area contributed by atoms with E-state index < -0.39 is 18.2 Å². The number of hydrogen-bond acceptors (Lipinski definition) is 5. The Balaban J connectivity index is 2.93. The van der Waals surface area contributed by atoms with E-state index >= 15 is 0 Å². The second-order valence-corrected chi connectivity index (χ2v) is 3.68.